The molecule has 0 bridgehead atoms. The van der Waals surface area contributed by atoms with Gasteiger partial charge in [0.1, 0.15) is 19.0 Å². The normalized spacial score (nSPS) is 17.3. The second kappa shape index (κ2) is 12.9. The van der Waals surface area contributed by atoms with E-state index < -0.39 is 17.7 Å². The summed E-state index contributed by atoms with van der Waals surface area (Å²) in [6, 6.07) is 8.96. The van der Waals surface area contributed by atoms with Crippen LogP contribution < -0.4 is 23.8 Å². The number of aromatic nitrogens is 1. The molecule has 2 aromatic carbocycles. The number of carbonyl (C=O) groups is 3. The van der Waals surface area contributed by atoms with Crippen molar-refractivity contribution in [2.24, 2.45) is 0 Å². The lowest BCUT2D eigenvalue weighted by Gasteiger charge is -2.24. The highest BCUT2D eigenvalue weighted by atomic mass is 32.1. The number of aliphatic hydroxyl groups is 1. The second-order valence-corrected chi connectivity index (χ2v) is 11.2. The molecule has 1 aromatic heterocycles. The van der Waals surface area contributed by atoms with Crippen LogP contribution in [0.25, 0.3) is 5.76 Å². The van der Waals surface area contributed by atoms with Crippen LogP contribution in [0, 0.1) is 6.92 Å². The van der Waals surface area contributed by atoms with Crippen molar-refractivity contribution >= 4 is 39.7 Å². The molecule has 1 atom stereocenters. The van der Waals surface area contributed by atoms with Gasteiger partial charge in [0.25, 0.3) is 5.78 Å². The van der Waals surface area contributed by atoms with Crippen LogP contribution >= 0.6 is 11.3 Å². The number of hydrogen-bond donors (Lipinski definition) is 1. The molecular weight excluding hydrogens is 572 g/mol. The fourth-order valence-electron chi connectivity index (χ4n) is 5.12. The predicted octanol–water partition coefficient (Wildman–Crippen LogP) is 6.02. The minimum absolute atomic E-state index is 0.127. The van der Waals surface area contributed by atoms with Crippen LogP contribution in [-0.4, -0.2) is 54.0 Å². The minimum Gasteiger partial charge on any atom is -0.507 e. The summed E-state index contributed by atoms with van der Waals surface area (Å²) in [5.74, 6) is -0.403. The van der Waals surface area contributed by atoms with Gasteiger partial charge in [0.15, 0.2) is 33.9 Å². The van der Waals surface area contributed by atoms with Crippen molar-refractivity contribution < 1.29 is 38.4 Å². The van der Waals surface area contributed by atoms with Gasteiger partial charge in [0, 0.05) is 12.5 Å². The molecule has 43 heavy (non-hydrogen) atoms. The van der Waals surface area contributed by atoms with Gasteiger partial charge in [-0.25, -0.2) is 4.98 Å². The maximum Gasteiger partial charge on any atom is 0.301 e. The van der Waals surface area contributed by atoms with Crippen LogP contribution in [0.1, 0.15) is 72.6 Å². The first kappa shape index (κ1) is 30.1. The van der Waals surface area contributed by atoms with Crippen molar-refractivity contribution in [1.29, 1.82) is 0 Å². The first-order chi connectivity index (χ1) is 20.7. The van der Waals surface area contributed by atoms with Crippen molar-refractivity contribution in [3.05, 3.63) is 63.7 Å². The molecule has 5 rings (SSSR count). The van der Waals surface area contributed by atoms with E-state index in [1.165, 1.54) is 11.8 Å². The van der Waals surface area contributed by atoms with Crippen LogP contribution in [0.5, 0.6) is 23.0 Å². The first-order valence-corrected chi connectivity index (χ1v) is 15.2. The molecule has 1 fully saturated rings. The number of Topliss-reactive ketones (excluding diaryl/α,β-unsaturated/α-hetero) is 2. The zero-order valence-electron chi connectivity index (χ0n) is 24.6. The molecule has 11 heteroatoms. The van der Waals surface area contributed by atoms with Crippen molar-refractivity contribution in [2.45, 2.75) is 53.0 Å². The molecule has 2 aliphatic heterocycles. The molecule has 3 heterocycles. The summed E-state index contributed by atoms with van der Waals surface area (Å²) >= 11 is 1.03. The maximum absolute atomic E-state index is 13.7. The van der Waals surface area contributed by atoms with Gasteiger partial charge in [0.2, 0.25) is 0 Å². The number of nitrogens with zero attached hydrogens (tertiary/aromatic N) is 2. The van der Waals surface area contributed by atoms with E-state index in [1.807, 2.05) is 6.92 Å². The highest BCUT2D eigenvalue weighted by molar-refractivity contribution is 7.18. The Hall–Kier alpha value is -4.38. The van der Waals surface area contributed by atoms with E-state index in [2.05, 4.69) is 11.9 Å². The molecule has 0 aliphatic carbocycles. The third-order valence-corrected chi connectivity index (χ3v) is 8.42. The Labute approximate surface area is 253 Å². The molecule has 10 nitrogen and oxygen atoms in total. The average Bonchev–Trinajstić information content (AvgIpc) is 3.51. The zero-order valence-corrected chi connectivity index (χ0v) is 25.4. The number of thiazole rings is 1. The Morgan fingerprint density at radius 2 is 1.81 bits per heavy atom. The number of amides is 1. The van der Waals surface area contributed by atoms with Crippen LogP contribution in [0.4, 0.5) is 5.13 Å². The first-order valence-electron chi connectivity index (χ1n) is 14.3. The highest BCUT2D eigenvalue weighted by Gasteiger charge is 2.48. The lowest BCUT2D eigenvalue weighted by molar-refractivity contribution is -0.132. The van der Waals surface area contributed by atoms with E-state index in [-0.39, 0.29) is 27.8 Å². The highest BCUT2D eigenvalue weighted by Crippen LogP contribution is 2.46. The summed E-state index contributed by atoms with van der Waals surface area (Å²) in [6.45, 7) is 8.69. The number of unbranched alkanes of at least 4 members (excludes halogenated alkanes) is 2. The summed E-state index contributed by atoms with van der Waals surface area (Å²) < 4.78 is 23.2. The number of fused-ring (bicyclic) bond motifs is 1. The Morgan fingerprint density at radius 3 is 2.51 bits per heavy atom. The van der Waals surface area contributed by atoms with E-state index in [4.69, 9.17) is 18.9 Å². The molecule has 0 saturated carbocycles. The average molecular weight is 607 g/mol. The largest absolute Gasteiger partial charge is 0.507 e. The van der Waals surface area contributed by atoms with E-state index in [0.29, 0.717) is 65.6 Å². The Morgan fingerprint density at radius 1 is 1.05 bits per heavy atom. The number of hydrogen-bond acceptors (Lipinski definition) is 10. The SMILES string of the molecule is CCCCCOc1ccc([C@@H]2/C(=C(\O)c3ccc4c(c3)OCCO4)C(=O)C(=O)N2c2nc(C)c(C(C)=O)s2)cc1OCC. The molecule has 2 aliphatic rings. The van der Waals surface area contributed by atoms with E-state index in [0.717, 1.165) is 30.6 Å². The third-order valence-electron chi connectivity index (χ3n) is 7.16. The lowest BCUT2D eigenvalue weighted by atomic mass is 9.95. The summed E-state index contributed by atoms with van der Waals surface area (Å²) in [5.41, 5.74) is 1.11. The number of anilines is 1. The van der Waals surface area contributed by atoms with Gasteiger partial charge in [-0.15, -0.1) is 0 Å². The number of ether oxygens (including phenoxy) is 4. The van der Waals surface area contributed by atoms with Crippen molar-refractivity contribution in [1.82, 2.24) is 4.98 Å². The van der Waals surface area contributed by atoms with Crippen LogP contribution in [0.2, 0.25) is 0 Å². The van der Waals surface area contributed by atoms with Crippen LogP contribution in [0.3, 0.4) is 0 Å². The van der Waals surface area contributed by atoms with Gasteiger partial charge in [0.05, 0.1) is 35.4 Å². The van der Waals surface area contributed by atoms with Crippen LogP contribution in [-0.2, 0) is 9.59 Å². The number of rotatable bonds is 11. The van der Waals surface area contributed by atoms with Gasteiger partial charge in [-0.2, -0.15) is 0 Å². The number of carbonyl (C=O) groups excluding carboxylic acids is 3. The zero-order chi connectivity index (χ0) is 30.7. The number of aliphatic hydroxyl groups excluding tert-OH is 1. The maximum atomic E-state index is 13.7. The van der Waals surface area contributed by atoms with E-state index in [1.54, 1.807) is 43.3 Å². The summed E-state index contributed by atoms with van der Waals surface area (Å²) in [5, 5.41) is 11.8. The Balaban J connectivity index is 1.65. The van der Waals surface area contributed by atoms with E-state index >= 15 is 0 Å². The minimum atomic E-state index is -1.06. The van der Waals surface area contributed by atoms with Gasteiger partial charge in [-0.1, -0.05) is 37.2 Å². The van der Waals surface area contributed by atoms with Crippen molar-refractivity contribution in [2.75, 3.05) is 31.3 Å². The molecule has 226 valence electrons. The Kier molecular flexibility index (Phi) is 9.00. The molecular formula is C32H34N2O8S. The summed E-state index contributed by atoms with van der Waals surface area (Å²) in [7, 11) is 0. The third kappa shape index (κ3) is 5.94. The Bertz CT molecular complexity index is 1590. The van der Waals surface area contributed by atoms with Gasteiger partial charge < -0.3 is 24.1 Å². The molecule has 1 saturated heterocycles. The van der Waals surface area contributed by atoms with Crippen LogP contribution in [0.15, 0.2) is 42.0 Å². The quantitative estimate of drug-likeness (QED) is 0.0917. The van der Waals surface area contributed by atoms with Gasteiger partial charge >= 0.3 is 5.91 Å². The smallest absolute Gasteiger partial charge is 0.301 e. The lowest BCUT2D eigenvalue weighted by Crippen LogP contribution is -2.29. The molecule has 0 spiro atoms. The topological polar surface area (TPSA) is 124 Å². The fraction of sp³-hybridized carbons (Fsp3) is 0.375. The van der Waals surface area contributed by atoms with Crippen molar-refractivity contribution in [3.8, 4) is 23.0 Å². The summed E-state index contributed by atoms with van der Waals surface area (Å²) in [4.78, 5) is 45.7. The number of ketones is 2. The monoisotopic (exact) mass is 606 g/mol. The fourth-order valence-corrected chi connectivity index (χ4v) is 6.11. The molecule has 1 N–H and O–H groups in total. The number of benzene rings is 2. The molecule has 0 unspecified atom stereocenters. The standard InChI is InChI=1S/C32H34N2O8S/c1-5-7-8-13-40-22-11-9-20(16-24(22)39-6-2)27-26(28(36)21-10-12-23-25(17-21)42-15-14-41-23)29(37)31(38)34(27)32-33-18(3)30(43-32)19(4)35/h9-12,16-17,27,36H,5-8,13-15H2,1-4H3/b28-26+/t27-/m1/s1. The molecule has 0 radical (unpaired) electrons. The van der Waals surface area contributed by atoms with Gasteiger partial charge in [-0.3, -0.25) is 19.3 Å². The number of aryl methyl sites for hydroxylation is 1. The second-order valence-electron chi connectivity index (χ2n) is 10.2. The predicted molar refractivity (Wildman–Crippen MR) is 162 cm³/mol. The van der Waals surface area contributed by atoms with Crippen molar-refractivity contribution in [3.63, 3.8) is 0 Å². The summed E-state index contributed by atoms with van der Waals surface area (Å²) in [6.07, 6.45) is 2.98. The van der Waals surface area contributed by atoms with E-state index in [9.17, 15) is 19.5 Å². The molecule has 1 amide bonds. The van der Waals surface area contributed by atoms with Gasteiger partial charge in [-0.05, 0) is 56.2 Å². The molecule has 3 aromatic rings.